The van der Waals surface area contributed by atoms with Gasteiger partial charge in [-0.15, -0.1) is 11.6 Å². The van der Waals surface area contributed by atoms with Crippen LogP contribution in [-0.2, 0) is 19.9 Å². The van der Waals surface area contributed by atoms with E-state index >= 15 is 0 Å². The number of alkyl halides is 1. The van der Waals surface area contributed by atoms with Gasteiger partial charge >= 0.3 is 11.9 Å². The smallest absolute Gasteiger partial charge is 0.414 e. The number of carbonyl (C=O) groups is 2. The zero-order valence-corrected chi connectivity index (χ0v) is 19.5. The minimum absolute atomic E-state index is 0.191. The van der Waals surface area contributed by atoms with E-state index in [-0.39, 0.29) is 6.10 Å². The number of ether oxygens (including phenoxy) is 1. The maximum Gasteiger partial charge on any atom is 0.414 e. The highest BCUT2D eigenvalue weighted by Crippen LogP contribution is 2.42. The SMILES string of the molecule is ClCCCN1CC(OC(c2ccccc2)(c2ccccc2)c2ccccc2)C1.O=C(O)C(=O)O. The Morgan fingerprint density at radius 1 is 0.794 bits per heavy atom. The highest BCUT2D eigenvalue weighted by molar-refractivity contribution is 6.27. The van der Waals surface area contributed by atoms with Crippen LogP contribution in [-0.4, -0.2) is 58.7 Å². The molecule has 4 rings (SSSR count). The number of hydrogen-bond donors (Lipinski definition) is 2. The van der Waals surface area contributed by atoms with Gasteiger partial charge in [0.2, 0.25) is 0 Å². The number of carboxylic acid groups (broad SMARTS) is 2. The standard InChI is InChI=1S/C25H26ClNO.C2H2O4/c26-17-10-18-27-19-24(20-27)28-25(21-11-4-1-5-12-21,22-13-6-2-7-14-22)23-15-8-3-9-16-23;3-1(4)2(5)6/h1-9,11-16,24H,10,17-20H2;(H,3,4)(H,5,6). The molecule has 1 heterocycles. The molecule has 0 radical (unpaired) electrons. The molecule has 1 saturated heterocycles. The first-order valence-corrected chi connectivity index (χ1v) is 11.6. The third-order valence-electron chi connectivity index (χ3n) is 5.60. The molecular weight excluding hydrogens is 454 g/mol. The van der Waals surface area contributed by atoms with Gasteiger partial charge in [0.1, 0.15) is 5.60 Å². The minimum Gasteiger partial charge on any atom is -0.473 e. The number of rotatable bonds is 8. The fourth-order valence-electron chi connectivity index (χ4n) is 4.04. The molecule has 34 heavy (non-hydrogen) atoms. The quantitative estimate of drug-likeness (QED) is 0.280. The first-order chi connectivity index (χ1) is 16.5. The third-order valence-corrected chi connectivity index (χ3v) is 5.87. The lowest BCUT2D eigenvalue weighted by Gasteiger charge is -2.46. The Balaban J connectivity index is 0.000000481. The van der Waals surface area contributed by atoms with Gasteiger partial charge in [-0.25, -0.2) is 9.59 Å². The van der Waals surface area contributed by atoms with Crippen molar-refractivity contribution in [1.29, 1.82) is 0 Å². The van der Waals surface area contributed by atoms with Crippen LogP contribution in [0.5, 0.6) is 0 Å². The van der Waals surface area contributed by atoms with Crippen LogP contribution in [0.15, 0.2) is 91.0 Å². The molecule has 1 fully saturated rings. The molecule has 0 atom stereocenters. The van der Waals surface area contributed by atoms with Crippen LogP contribution in [0.25, 0.3) is 0 Å². The number of hydrogen-bond acceptors (Lipinski definition) is 4. The predicted octanol–water partition coefficient (Wildman–Crippen LogP) is 4.46. The molecule has 1 aliphatic rings. The zero-order valence-electron chi connectivity index (χ0n) is 18.7. The Labute approximate surface area is 204 Å². The van der Waals surface area contributed by atoms with Crippen molar-refractivity contribution in [3.8, 4) is 0 Å². The molecule has 0 spiro atoms. The largest absolute Gasteiger partial charge is 0.473 e. The molecule has 178 valence electrons. The molecule has 7 heteroatoms. The van der Waals surface area contributed by atoms with Crippen molar-refractivity contribution in [3.63, 3.8) is 0 Å². The number of benzene rings is 3. The molecule has 0 bridgehead atoms. The van der Waals surface area contributed by atoms with E-state index in [1.54, 1.807) is 0 Å². The number of aliphatic carboxylic acids is 2. The van der Waals surface area contributed by atoms with Crippen molar-refractivity contribution < 1.29 is 24.5 Å². The minimum atomic E-state index is -1.82. The Morgan fingerprint density at radius 2 is 1.18 bits per heavy atom. The summed E-state index contributed by atoms with van der Waals surface area (Å²) in [7, 11) is 0. The van der Waals surface area contributed by atoms with E-state index in [0.717, 1.165) is 42.7 Å². The average molecular weight is 482 g/mol. The summed E-state index contributed by atoms with van der Waals surface area (Å²) in [6, 6.07) is 31.7. The molecule has 3 aromatic rings. The molecule has 0 saturated carbocycles. The Morgan fingerprint density at radius 3 is 1.50 bits per heavy atom. The molecule has 0 amide bonds. The fraction of sp³-hybridized carbons (Fsp3) is 0.259. The summed E-state index contributed by atoms with van der Waals surface area (Å²) in [5.74, 6) is -2.94. The Bertz CT molecular complexity index is 932. The van der Waals surface area contributed by atoms with Gasteiger partial charge in [-0.3, -0.25) is 4.90 Å². The molecule has 3 aromatic carbocycles. The third kappa shape index (κ3) is 6.23. The van der Waals surface area contributed by atoms with Gasteiger partial charge in [-0.2, -0.15) is 0 Å². The van der Waals surface area contributed by atoms with E-state index in [1.807, 2.05) is 0 Å². The summed E-state index contributed by atoms with van der Waals surface area (Å²) in [5, 5.41) is 14.8. The van der Waals surface area contributed by atoms with Crippen LogP contribution in [0.1, 0.15) is 23.1 Å². The van der Waals surface area contributed by atoms with Gasteiger partial charge in [0.25, 0.3) is 0 Å². The monoisotopic (exact) mass is 481 g/mol. The highest BCUT2D eigenvalue weighted by Gasteiger charge is 2.42. The molecule has 0 aliphatic carbocycles. The second kappa shape index (κ2) is 12.3. The lowest BCUT2D eigenvalue weighted by Crippen LogP contribution is -2.55. The number of nitrogens with zero attached hydrogens (tertiary/aromatic N) is 1. The zero-order chi connectivity index (χ0) is 24.4. The highest BCUT2D eigenvalue weighted by atomic mass is 35.5. The molecular formula is C27H28ClNO5. The summed E-state index contributed by atoms with van der Waals surface area (Å²) in [4.78, 5) is 20.6. The summed E-state index contributed by atoms with van der Waals surface area (Å²) in [6.45, 7) is 2.94. The van der Waals surface area contributed by atoms with Crippen LogP contribution >= 0.6 is 11.6 Å². The van der Waals surface area contributed by atoms with Crippen LogP contribution in [0.4, 0.5) is 0 Å². The van der Waals surface area contributed by atoms with Crippen molar-refractivity contribution >= 4 is 23.5 Å². The average Bonchev–Trinajstić information content (AvgIpc) is 2.85. The lowest BCUT2D eigenvalue weighted by molar-refractivity contribution is -0.159. The Kier molecular flexibility index (Phi) is 9.22. The first-order valence-electron chi connectivity index (χ1n) is 11.1. The van der Waals surface area contributed by atoms with Crippen LogP contribution in [0.2, 0.25) is 0 Å². The van der Waals surface area contributed by atoms with Crippen LogP contribution < -0.4 is 0 Å². The maximum absolute atomic E-state index is 9.10. The molecule has 0 aromatic heterocycles. The summed E-state index contributed by atoms with van der Waals surface area (Å²) < 4.78 is 6.97. The van der Waals surface area contributed by atoms with Gasteiger partial charge in [0.15, 0.2) is 0 Å². The van der Waals surface area contributed by atoms with Gasteiger partial charge in [0.05, 0.1) is 6.10 Å². The molecule has 6 nitrogen and oxygen atoms in total. The van der Waals surface area contributed by atoms with Crippen molar-refractivity contribution in [1.82, 2.24) is 4.90 Å². The van der Waals surface area contributed by atoms with Crippen molar-refractivity contribution in [2.45, 2.75) is 18.1 Å². The van der Waals surface area contributed by atoms with E-state index in [9.17, 15) is 0 Å². The van der Waals surface area contributed by atoms with E-state index in [0.29, 0.717) is 5.88 Å². The molecule has 1 aliphatic heterocycles. The maximum atomic E-state index is 9.10. The van der Waals surface area contributed by atoms with Crippen LogP contribution in [0.3, 0.4) is 0 Å². The van der Waals surface area contributed by atoms with E-state index in [2.05, 4.69) is 95.9 Å². The van der Waals surface area contributed by atoms with Gasteiger partial charge in [0, 0.05) is 19.0 Å². The Hall–Kier alpha value is -3.19. The lowest BCUT2D eigenvalue weighted by atomic mass is 9.79. The summed E-state index contributed by atoms with van der Waals surface area (Å²) in [5.41, 5.74) is 2.86. The van der Waals surface area contributed by atoms with E-state index in [1.165, 1.54) is 0 Å². The van der Waals surface area contributed by atoms with Crippen molar-refractivity contribution in [3.05, 3.63) is 108 Å². The van der Waals surface area contributed by atoms with Crippen molar-refractivity contribution in [2.24, 2.45) is 0 Å². The number of likely N-dealkylation sites (tertiary alicyclic amines) is 1. The second-order valence-electron chi connectivity index (χ2n) is 7.93. The predicted molar refractivity (Wildman–Crippen MR) is 131 cm³/mol. The fourth-order valence-corrected chi connectivity index (χ4v) is 4.16. The normalized spacial score (nSPS) is 13.9. The number of carboxylic acids is 2. The second-order valence-corrected chi connectivity index (χ2v) is 8.31. The van der Waals surface area contributed by atoms with E-state index in [4.69, 9.17) is 36.1 Å². The molecule has 0 unspecified atom stereocenters. The topological polar surface area (TPSA) is 87.1 Å². The molecule has 2 N–H and O–H groups in total. The van der Waals surface area contributed by atoms with E-state index < -0.39 is 17.5 Å². The summed E-state index contributed by atoms with van der Waals surface area (Å²) >= 11 is 5.85. The first kappa shape index (κ1) is 25.4. The van der Waals surface area contributed by atoms with Gasteiger partial charge in [-0.1, -0.05) is 91.0 Å². The van der Waals surface area contributed by atoms with Crippen molar-refractivity contribution in [2.75, 3.05) is 25.5 Å². The number of halogens is 1. The van der Waals surface area contributed by atoms with Gasteiger partial charge < -0.3 is 14.9 Å². The van der Waals surface area contributed by atoms with Gasteiger partial charge in [-0.05, 0) is 29.7 Å². The van der Waals surface area contributed by atoms with Crippen LogP contribution in [0, 0.1) is 0 Å². The summed E-state index contributed by atoms with van der Waals surface area (Å²) in [6.07, 6.45) is 1.21.